The molecule has 0 fully saturated rings. The lowest BCUT2D eigenvalue weighted by Crippen LogP contribution is -2.17. The van der Waals surface area contributed by atoms with Crippen molar-refractivity contribution in [1.29, 1.82) is 0 Å². The number of hydrogen-bond donors (Lipinski definition) is 1. The minimum absolute atomic E-state index is 0.696. The van der Waals surface area contributed by atoms with E-state index in [1.54, 1.807) is 0 Å². The lowest BCUT2D eigenvalue weighted by atomic mass is 10.1. The van der Waals surface area contributed by atoms with Crippen LogP contribution in [0.1, 0.15) is 29.2 Å². The van der Waals surface area contributed by atoms with E-state index in [2.05, 4.69) is 36.8 Å². The topological polar surface area (TPSA) is 76.0 Å². The number of hydrogen-bond acceptors (Lipinski definition) is 6. The Balaban J connectivity index is 1.51. The van der Waals surface area contributed by atoms with Gasteiger partial charge in [-0.2, -0.15) is 5.10 Å². The van der Waals surface area contributed by atoms with Crippen LogP contribution < -0.4 is 5.43 Å². The van der Waals surface area contributed by atoms with Gasteiger partial charge >= 0.3 is 0 Å². The molecule has 3 aromatic rings. The van der Waals surface area contributed by atoms with Crippen LogP contribution in [0.25, 0.3) is 17.1 Å². The molecule has 26 heavy (non-hydrogen) atoms. The number of rotatable bonds is 3. The van der Waals surface area contributed by atoms with Crippen LogP contribution in [0, 0.1) is 13.8 Å². The van der Waals surface area contributed by atoms with Gasteiger partial charge in [-0.25, -0.2) is 0 Å². The third-order valence-corrected chi connectivity index (χ3v) is 4.09. The Morgan fingerprint density at radius 2 is 1.38 bits per heavy atom. The van der Waals surface area contributed by atoms with Crippen LogP contribution in [0.5, 0.6) is 0 Å². The molecule has 0 atom stereocenters. The van der Waals surface area contributed by atoms with E-state index in [1.165, 1.54) is 0 Å². The van der Waals surface area contributed by atoms with Gasteiger partial charge in [0.1, 0.15) is 11.4 Å². The van der Waals surface area contributed by atoms with Gasteiger partial charge in [0.2, 0.25) is 0 Å². The number of pyridine rings is 2. The van der Waals surface area contributed by atoms with E-state index in [4.69, 9.17) is 0 Å². The summed E-state index contributed by atoms with van der Waals surface area (Å²) in [5.74, 6) is 0. The second-order valence-electron chi connectivity index (χ2n) is 6.12. The zero-order chi connectivity index (χ0) is 17.9. The molecule has 128 valence electrons. The SMILES string of the molecule is Cc1cccc(C2=NNC(c3ccc(-c4cccc(C)n4)nn3)=CC2)n1. The molecule has 0 bridgehead atoms. The Kier molecular flexibility index (Phi) is 4.23. The molecule has 0 saturated heterocycles. The van der Waals surface area contributed by atoms with Gasteiger partial charge in [-0.3, -0.25) is 15.4 Å². The highest BCUT2D eigenvalue weighted by atomic mass is 15.3. The van der Waals surface area contributed by atoms with Crippen molar-refractivity contribution in [2.24, 2.45) is 5.10 Å². The average Bonchev–Trinajstić information content (AvgIpc) is 2.68. The number of nitrogens with zero attached hydrogens (tertiary/aromatic N) is 5. The highest BCUT2D eigenvalue weighted by Gasteiger charge is 2.13. The molecule has 1 aliphatic rings. The van der Waals surface area contributed by atoms with E-state index in [9.17, 15) is 0 Å². The van der Waals surface area contributed by atoms with Crippen molar-refractivity contribution in [1.82, 2.24) is 25.6 Å². The Hall–Kier alpha value is -3.41. The Morgan fingerprint density at radius 1 is 0.731 bits per heavy atom. The molecule has 3 aromatic heterocycles. The summed E-state index contributed by atoms with van der Waals surface area (Å²) in [7, 11) is 0. The van der Waals surface area contributed by atoms with Crippen molar-refractivity contribution in [3.8, 4) is 11.4 Å². The molecular weight excluding hydrogens is 324 g/mol. The first-order valence-corrected chi connectivity index (χ1v) is 8.44. The number of hydrazone groups is 1. The number of nitrogens with one attached hydrogen (secondary N) is 1. The summed E-state index contributed by atoms with van der Waals surface area (Å²) < 4.78 is 0. The molecule has 1 N–H and O–H groups in total. The molecule has 6 heteroatoms. The smallest absolute Gasteiger partial charge is 0.111 e. The first kappa shape index (κ1) is 16.1. The average molecular weight is 342 g/mol. The number of aryl methyl sites for hydroxylation is 2. The summed E-state index contributed by atoms with van der Waals surface area (Å²) >= 11 is 0. The Bertz CT molecular complexity index is 1000. The molecular formula is C20H18N6. The van der Waals surface area contributed by atoms with Gasteiger partial charge in [-0.1, -0.05) is 18.2 Å². The molecule has 0 amide bonds. The summed E-state index contributed by atoms with van der Waals surface area (Å²) in [5.41, 5.74) is 9.96. The highest BCUT2D eigenvalue weighted by molar-refractivity contribution is 6.01. The molecule has 1 aliphatic heterocycles. The van der Waals surface area contributed by atoms with E-state index in [1.807, 2.05) is 62.4 Å². The summed E-state index contributed by atoms with van der Waals surface area (Å²) in [6.07, 6.45) is 2.75. The van der Waals surface area contributed by atoms with Gasteiger partial charge in [0, 0.05) is 17.8 Å². The van der Waals surface area contributed by atoms with Crippen molar-refractivity contribution in [2.75, 3.05) is 0 Å². The van der Waals surface area contributed by atoms with Gasteiger partial charge in [0.15, 0.2) is 0 Å². The Labute approximate surface area is 151 Å². The molecule has 0 aliphatic carbocycles. The molecule has 0 radical (unpaired) electrons. The minimum Gasteiger partial charge on any atom is -0.276 e. The molecule has 0 saturated carbocycles. The van der Waals surface area contributed by atoms with E-state index >= 15 is 0 Å². The predicted octanol–water partition coefficient (Wildman–Crippen LogP) is 3.29. The fraction of sp³-hybridized carbons (Fsp3) is 0.150. The van der Waals surface area contributed by atoms with Crippen molar-refractivity contribution >= 4 is 11.4 Å². The third-order valence-electron chi connectivity index (χ3n) is 4.09. The van der Waals surface area contributed by atoms with Crippen LogP contribution in [0.3, 0.4) is 0 Å². The van der Waals surface area contributed by atoms with Gasteiger partial charge < -0.3 is 0 Å². The summed E-state index contributed by atoms with van der Waals surface area (Å²) in [6.45, 7) is 3.93. The second kappa shape index (κ2) is 6.84. The Morgan fingerprint density at radius 3 is 2.00 bits per heavy atom. The van der Waals surface area contributed by atoms with E-state index in [-0.39, 0.29) is 0 Å². The molecule has 6 nitrogen and oxygen atoms in total. The minimum atomic E-state index is 0.696. The van der Waals surface area contributed by atoms with Gasteiger partial charge in [-0.15, -0.1) is 10.2 Å². The lowest BCUT2D eigenvalue weighted by Gasteiger charge is -2.14. The van der Waals surface area contributed by atoms with Gasteiger partial charge in [0.25, 0.3) is 0 Å². The van der Waals surface area contributed by atoms with Crippen LogP contribution in [-0.4, -0.2) is 25.9 Å². The molecule has 0 aromatic carbocycles. The summed E-state index contributed by atoms with van der Waals surface area (Å²) in [6, 6.07) is 15.6. The predicted molar refractivity (Wildman–Crippen MR) is 101 cm³/mol. The molecule has 4 heterocycles. The quantitative estimate of drug-likeness (QED) is 0.790. The van der Waals surface area contributed by atoms with Crippen LogP contribution in [0.4, 0.5) is 0 Å². The maximum absolute atomic E-state index is 4.51. The van der Waals surface area contributed by atoms with Gasteiger partial charge in [-0.05, 0) is 50.2 Å². The van der Waals surface area contributed by atoms with E-state index in [0.717, 1.165) is 45.6 Å². The van der Waals surface area contributed by atoms with E-state index in [0.29, 0.717) is 6.42 Å². The van der Waals surface area contributed by atoms with E-state index < -0.39 is 0 Å². The van der Waals surface area contributed by atoms with Crippen LogP contribution in [0.2, 0.25) is 0 Å². The van der Waals surface area contributed by atoms with Crippen molar-refractivity contribution < 1.29 is 0 Å². The van der Waals surface area contributed by atoms with Crippen LogP contribution in [0.15, 0.2) is 59.7 Å². The van der Waals surface area contributed by atoms with Crippen LogP contribution in [-0.2, 0) is 0 Å². The lowest BCUT2D eigenvalue weighted by molar-refractivity contribution is 0.916. The summed E-state index contributed by atoms with van der Waals surface area (Å²) in [5, 5.41) is 13.1. The standard InChI is InChI=1S/C20H18N6/c1-13-5-3-7-15(21-13)17-9-11-19(25-23-17)20-12-10-18(24-26-20)16-8-4-6-14(2)22-16/h3-9,11-12,26H,10H2,1-2H3. The summed E-state index contributed by atoms with van der Waals surface area (Å²) in [4.78, 5) is 8.99. The molecule has 0 unspecified atom stereocenters. The maximum Gasteiger partial charge on any atom is 0.111 e. The zero-order valence-corrected chi connectivity index (χ0v) is 14.6. The first-order valence-electron chi connectivity index (χ1n) is 8.44. The maximum atomic E-state index is 4.51. The molecule has 0 spiro atoms. The number of allylic oxidation sites excluding steroid dienone is 1. The van der Waals surface area contributed by atoms with Crippen molar-refractivity contribution in [2.45, 2.75) is 20.3 Å². The van der Waals surface area contributed by atoms with Gasteiger partial charge in [0.05, 0.1) is 22.8 Å². The normalized spacial score (nSPS) is 13.6. The fourth-order valence-corrected chi connectivity index (χ4v) is 2.74. The van der Waals surface area contributed by atoms with Crippen molar-refractivity contribution in [3.63, 3.8) is 0 Å². The fourth-order valence-electron chi connectivity index (χ4n) is 2.74. The molecule has 4 rings (SSSR count). The van der Waals surface area contributed by atoms with Crippen LogP contribution >= 0.6 is 0 Å². The monoisotopic (exact) mass is 342 g/mol. The first-order chi connectivity index (χ1) is 12.7. The largest absolute Gasteiger partial charge is 0.276 e. The highest BCUT2D eigenvalue weighted by Crippen LogP contribution is 2.18. The third kappa shape index (κ3) is 3.35. The van der Waals surface area contributed by atoms with Crippen molar-refractivity contribution in [3.05, 3.63) is 77.4 Å². The second-order valence-corrected chi connectivity index (χ2v) is 6.12. The number of aromatic nitrogens is 4. The zero-order valence-electron chi connectivity index (χ0n) is 14.6.